The zero-order chi connectivity index (χ0) is 14.9. The van der Waals surface area contributed by atoms with E-state index in [1.807, 2.05) is 0 Å². The number of carbonyl (C=O) groups is 2. The number of carbonyl (C=O) groups excluding carboxylic acids is 1. The Hall–Kier alpha value is -1.30. The Morgan fingerprint density at radius 2 is 2.05 bits per heavy atom. The molecule has 0 aromatic heterocycles. The molecule has 2 fully saturated rings. The Bertz CT molecular complexity index is 397. The Labute approximate surface area is 119 Å². The summed E-state index contributed by atoms with van der Waals surface area (Å²) in [6.45, 7) is 4.47. The topological polar surface area (TPSA) is 89.9 Å². The highest BCUT2D eigenvalue weighted by molar-refractivity contribution is 5.83. The van der Waals surface area contributed by atoms with Crippen LogP contribution in [0.4, 0.5) is 4.79 Å². The van der Waals surface area contributed by atoms with Crippen molar-refractivity contribution in [3.05, 3.63) is 0 Å². The molecule has 0 radical (unpaired) electrons. The summed E-state index contributed by atoms with van der Waals surface area (Å²) >= 11 is 0. The fourth-order valence-electron chi connectivity index (χ4n) is 3.35. The van der Waals surface area contributed by atoms with E-state index in [0.29, 0.717) is 0 Å². The number of nitrogens with one attached hydrogen (secondary N) is 1. The number of nitrogens with zero attached hydrogens (tertiary/aromatic N) is 1. The van der Waals surface area contributed by atoms with Gasteiger partial charge in [-0.25, -0.2) is 9.59 Å². The number of urea groups is 1. The quantitative estimate of drug-likeness (QED) is 0.710. The summed E-state index contributed by atoms with van der Waals surface area (Å²) in [4.78, 5) is 24.6. The van der Waals surface area contributed by atoms with Gasteiger partial charge in [0.2, 0.25) is 0 Å². The van der Waals surface area contributed by atoms with Crippen LogP contribution in [0.3, 0.4) is 0 Å². The average Bonchev–Trinajstić information content (AvgIpc) is 2.70. The number of rotatable bonds is 2. The highest BCUT2D eigenvalue weighted by atomic mass is 16.4. The van der Waals surface area contributed by atoms with E-state index < -0.39 is 18.1 Å². The molecule has 6 heteroatoms. The molecule has 114 valence electrons. The molecule has 2 amide bonds. The van der Waals surface area contributed by atoms with Gasteiger partial charge in [-0.15, -0.1) is 0 Å². The minimum absolute atomic E-state index is 0.0958. The number of hydrogen-bond acceptors (Lipinski definition) is 3. The molecule has 0 bridgehead atoms. The van der Waals surface area contributed by atoms with Crippen LogP contribution in [-0.2, 0) is 4.79 Å². The first-order valence-electron chi connectivity index (χ1n) is 7.26. The van der Waals surface area contributed by atoms with Crippen LogP contribution in [0.1, 0.15) is 46.0 Å². The molecule has 1 heterocycles. The first-order chi connectivity index (χ1) is 9.28. The Kier molecular flexibility index (Phi) is 4.22. The van der Waals surface area contributed by atoms with E-state index in [4.69, 9.17) is 5.11 Å². The number of β-amino-alcohol motifs (C(OH)–C–C–N with tert-alkyl or cyclic N) is 1. The van der Waals surface area contributed by atoms with E-state index >= 15 is 0 Å². The van der Waals surface area contributed by atoms with Crippen molar-refractivity contribution >= 4 is 12.0 Å². The zero-order valence-corrected chi connectivity index (χ0v) is 12.1. The molecule has 1 aliphatic heterocycles. The minimum Gasteiger partial charge on any atom is -0.480 e. The van der Waals surface area contributed by atoms with Gasteiger partial charge in [-0.3, -0.25) is 0 Å². The van der Waals surface area contributed by atoms with Crippen LogP contribution in [0.25, 0.3) is 0 Å². The summed E-state index contributed by atoms with van der Waals surface area (Å²) < 4.78 is 0. The second-order valence-corrected chi connectivity index (χ2v) is 6.80. The normalized spacial score (nSPS) is 33.0. The Balaban J connectivity index is 1.95. The van der Waals surface area contributed by atoms with Crippen molar-refractivity contribution in [1.82, 2.24) is 10.2 Å². The van der Waals surface area contributed by atoms with Gasteiger partial charge in [0.1, 0.15) is 6.04 Å². The van der Waals surface area contributed by atoms with Crippen molar-refractivity contribution in [1.29, 1.82) is 0 Å². The minimum atomic E-state index is -1.05. The van der Waals surface area contributed by atoms with Gasteiger partial charge < -0.3 is 20.4 Å². The standard InChI is InChI=1S/C14H24N2O4/c1-14(2)5-3-4-9(7-14)15-13(20)16-8-10(17)6-11(16)12(18)19/h9-11,17H,3-8H2,1-2H3,(H,15,20)(H,18,19)/t9?,10-,11-/m0/s1. The van der Waals surface area contributed by atoms with Gasteiger partial charge in [0.15, 0.2) is 0 Å². The van der Waals surface area contributed by atoms with Gasteiger partial charge in [-0.2, -0.15) is 0 Å². The van der Waals surface area contributed by atoms with E-state index in [1.165, 1.54) is 4.90 Å². The number of aliphatic hydroxyl groups excluding tert-OH is 1. The number of carboxylic acids is 1. The van der Waals surface area contributed by atoms with E-state index in [1.54, 1.807) is 0 Å². The molecule has 20 heavy (non-hydrogen) atoms. The smallest absolute Gasteiger partial charge is 0.326 e. The molecule has 0 spiro atoms. The average molecular weight is 284 g/mol. The number of amides is 2. The molecule has 3 atom stereocenters. The molecule has 1 saturated carbocycles. The van der Waals surface area contributed by atoms with Crippen molar-refractivity contribution in [2.24, 2.45) is 5.41 Å². The SMILES string of the molecule is CC1(C)CCCC(NC(=O)N2C[C@@H](O)C[C@H]2C(=O)O)C1. The number of hydrogen-bond donors (Lipinski definition) is 3. The molecule has 3 N–H and O–H groups in total. The van der Waals surface area contributed by atoms with E-state index in [2.05, 4.69) is 19.2 Å². The monoisotopic (exact) mass is 284 g/mol. The van der Waals surface area contributed by atoms with Crippen molar-refractivity contribution in [2.75, 3.05) is 6.54 Å². The van der Waals surface area contributed by atoms with Gasteiger partial charge in [0.25, 0.3) is 0 Å². The van der Waals surface area contributed by atoms with Crippen molar-refractivity contribution in [2.45, 2.75) is 64.1 Å². The maximum absolute atomic E-state index is 12.2. The molecular formula is C14H24N2O4. The lowest BCUT2D eigenvalue weighted by atomic mass is 9.75. The van der Waals surface area contributed by atoms with E-state index in [-0.39, 0.29) is 30.5 Å². The highest BCUT2D eigenvalue weighted by Crippen LogP contribution is 2.35. The molecule has 0 aromatic carbocycles. The molecule has 0 aromatic rings. The predicted octanol–water partition coefficient (Wildman–Crippen LogP) is 1.18. The van der Waals surface area contributed by atoms with Crippen LogP contribution in [-0.4, -0.2) is 51.8 Å². The van der Waals surface area contributed by atoms with Gasteiger partial charge in [-0.1, -0.05) is 20.3 Å². The summed E-state index contributed by atoms with van der Waals surface area (Å²) in [6.07, 6.45) is 3.43. The third-order valence-electron chi connectivity index (χ3n) is 4.36. The van der Waals surface area contributed by atoms with Crippen LogP contribution in [0, 0.1) is 5.41 Å². The third kappa shape index (κ3) is 3.42. The van der Waals surface area contributed by atoms with Gasteiger partial charge in [-0.05, 0) is 24.7 Å². The van der Waals surface area contributed by atoms with Crippen LogP contribution in [0.15, 0.2) is 0 Å². The summed E-state index contributed by atoms with van der Waals surface area (Å²) in [5.74, 6) is -1.05. The van der Waals surface area contributed by atoms with E-state index in [0.717, 1.165) is 25.7 Å². The van der Waals surface area contributed by atoms with Crippen molar-refractivity contribution in [3.8, 4) is 0 Å². The number of aliphatic carboxylic acids is 1. The summed E-state index contributed by atoms with van der Waals surface area (Å²) in [5.41, 5.74) is 0.215. The molecular weight excluding hydrogens is 260 g/mol. The highest BCUT2D eigenvalue weighted by Gasteiger charge is 2.40. The second kappa shape index (κ2) is 5.60. The molecule has 2 aliphatic rings. The molecule has 1 aliphatic carbocycles. The first kappa shape index (κ1) is 15.1. The number of aliphatic hydroxyl groups is 1. The fraction of sp³-hybridized carbons (Fsp3) is 0.857. The first-order valence-corrected chi connectivity index (χ1v) is 7.26. The third-order valence-corrected chi connectivity index (χ3v) is 4.36. The molecule has 1 saturated heterocycles. The summed E-state index contributed by atoms with van der Waals surface area (Å²) in [6, 6.07) is -1.18. The van der Waals surface area contributed by atoms with E-state index in [9.17, 15) is 14.7 Å². The molecule has 2 rings (SSSR count). The van der Waals surface area contributed by atoms with Gasteiger partial charge in [0, 0.05) is 19.0 Å². The number of carboxylic acid groups (broad SMARTS) is 1. The van der Waals surface area contributed by atoms with Crippen LogP contribution in [0.2, 0.25) is 0 Å². The number of likely N-dealkylation sites (tertiary alicyclic amines) is 1. The lowest BCUT2D eigenvalue weighted by Crippen LogP contribution is -2.50. The lowest BCUT2D eigenvalue weighted by molar-refractivity contribution is -0.141. The second-order valence-electron chi connectivity index (χ2n) is 6.80. The Morgan fingerprint density at radius 1 is 1.35 bits per heavy atom. The summed E-state index contributed by atoms with van der Waals surface area (Å²) in [7, 11) is 0. The predicted molar refractivity (Wildman–Crippen MR) is 73.3 cm³/mol. The van der Waals surface area contributed by atoms with Gasteiger partial charge >= 0.3 is 12.0 Å². The Morgan fingerprint density at radius 3 is 2.65 bits per heavy atom. The van der Waals surface area contributed by atoms with Gasteiger partial charge in [0.05, 0.1) is 6.10 Å². The fourth-order valence-corrected chi connectivity index (χ4v) is 3.35. The molecule has 6 nitrogen and oxygen atoms in total. The van der Waals surface area contributed by atoms with Crippen molar-refractivity contribution < 1.29 is 19.8 Å². The van der Waals surface area contributed by atoms with Crippen LogP contribution >= 0.6 is 0 Å². The maximum atomic E-state index is 12.2. The zero-order valence-electron chi connectivity index (χ0n) is 12.1. The maximum Gasteiger partial charge on any atom is 0.326 e. The lowest BCUT2D eigenvalue weighted by Gasteiger charge is -2.36. The summed E-state index contributed by atoms with van der Waals surface area (Å²) in [5, 5.41) is 21.6. The van der Waals surface area contributed by atoms with Crippen LogP contribution < -0.4 is 5.32 Å². The molecule has 1 unspecified atom stereocenters. The van der Waals surface area contributed by atoms with Crippen LogP contribution in [0.5, 0.6) is 0 Å². The largest absolute Gasteiger partial charge is 0.480 e. The van der Waals surface area contributed by atoms with Crippen molar-refractivity contribution in [3.63, 3.8) is 0 Å².